The van der Waals surface area contributed by atoms with Gasteiger partial charge in [0.25, 0.3) is 0 Å². The van der Waals surface area contributed by atoms with E-state index in [1.807, 2.05) is 78.9 Å². The first-order valence-electron chi connectivity index (χ1n) is 9.83. The number of hydrogen-bond donors (Lipinski definition) is 0. The van der Waals surface area contributed by atoms with Gasteiger partial charge in [0.05, 0.1) is 16.3 Å². The standard InChI is InChI=1S/C24H16ClN5OS/c25-19-14-8-7-13-18(19)23-29-27-20(31-23)15-32-24-26-21(16-9-3-1-4-10-16)22(28-30-24)17-11-5-2-6-12-17/h1-14H,15H2. The smallest absolute Gasteiger partial charge is 0.249 e. The van der Waals surface area contributed by atoms with Crippen LogP contribution in [0.4, 0.5) is 0 Å². The molecule has 0 aliphatic heterocycles. The van der Waals surface area contributed by atoms with Crippen LogP contribution in [0.1, 0.15) is 5.89 Å². The van der Waals surface area contributed by atoms with E-state index in [0.29, 0.717) is 33.3 Å². The summed E-state index contributed by atoms with van der Waals surface area (Å²) in [5.41, 5.74) is 4.15. The number of aromatic nitrogens is 5. The van der Waals surface area contributed by atoms with Crippen molar-refractivity contribution >= 4 is 23.4 Å². The maximum Gasteiger partial charge on any atom is 0.249 e. The van der Waals surface area contributed by atoms with Crippen molar-refractivity contribution in [1.29, 1.82) is 0 Å². The van der Waals surface area contributed by atoms with E-state index in [1.54, 1.807) is 6.07 Å². The highest BCUT2D eigenvalue weighted by atomic mass is 35.5. The Balaban J connectivity index is 1.41. The van der Waals surface area contributed by atoms with E-state index >= 15 is 0 Å². The van der Waals surface area contributed by atoms with Crippen LogP contribution in [-0.4, -0.2) is 25.4 Å². The average Bonchev–Trinajstić information content (AvgIpc) is 3.33. The molecular weight excluding hydrogens is 442 g/mol. The monoisotopic (exact) mass is 457 g/mol. The number of benzene rings is 3. The molecule has 156 valence electrons. The molecule has 0 spiro atoms. The molecule has 0 N–H and O–H groups in total. The van der Waals surface area contributed by atoms with Crippen LogP contribution in [0.15, 0.2) is 94.5 Å². The zero-order chi connectivity index (χ0) is 21.8. The normalized spacial score (nSPS) is 10.9. The summed E-state index contributed by atoms with van der Waals surface area (Å²) in [6.45, 7) is 0. The van der Waals surface area contributed by atoms with Crippen molar-refractivity contribution in [2.24, 2.45) is 0 Å². The highest BCUT2D eigenvalue weighted by Gasteiger charge is 2.16. The van der Waals surface area contributed by atoms with Gasteiger partial charge in [0, 0.05) is 11.1 Å². The third-order valence-electron chi connectivity index (χ3n) is 4.66. The van der Waals surface area contributed by atoms with Gasteiger partial charge in [0.2, 0.25) is 16.9 Å². The molecule has 0 fully saturated rings. The first kappa shape index (κ1) is 20.4. The van der Waals surface area contributed by atoms with Crippen LogP contribution in [0, 0.1) is 0 Å². The Hall–Kier alpha value is -3.55. The molecule has 0 amide bonds. The fourth-order valence-corrected chi connectivity index (χ4v) is 3.98. The lowest BCUT2D eigenvalue weighted by Gasteiger charge is -2.09. The highest BCUT2D eigenvalue weighted by molar-refractivity contribution is 7.98. The molecule has 8 heteroatoms. The topological polar surface area (TPSA) is 77.6 Å². The van der Waals surface area contributed by atoms with Crippen molar-refractivity contribution in [2.75, 3.05) is 0 Å². The van der Waals surface area contributed by atoms with Crippen LogP contribution in [0.5, 0.6) is 0 Å². The zero-order valence-electron chi connectivity index (χ0n) is 16.7. The van der Waals surface area contributed by atoms with Gasteiger partial charge in [-0.2, -0.15) is 0 Å². The average molecular weight is 458 g/mol. The number of halogens is 1. The van der Waals surface area contributed by atoms with Crippen LogP contribution in [0.2, 0.25) is 5.02 Å². The molecule has 2 heterocycles. The van der Waals surface area contributed by atoms with Crippen molar-refractivity contribution in [3.63, 3.8) is 0 Å². The van der Waals surface area contributed by atoms with Gasteiger partial charge in [0.15, 0.2) is 0 Å². The van der Waals surface area contributed by atoms with E-state index in [-0.39, 0.29) is 0 Å². The second kappa shape index (κ2) is 9.30. The Morgan fingerprint density at radius 1 is 0.688 bits per heavy atom. The molecule has 32 heavy (non-hydrogen) atoms. The van der Waals surface area contributed by atoms with Gasteiger partial charge in [0.1, 0.15) is 11.4 Å². The maximum absolute atomic E-state index is 6.22. The molecule has 2 aromatic heterocycles. The quantitative estimate of drug-likeness (QED) is 0.281. The third-order valence-corrected chi connectivity index (χ3v) is 5.81. The molecule has 0 saturated heterocycles. The van der Waals surface area contributed by atoms with Crippen molar-refractivity contribution in [3.05, 3.63) is 95.8 Å². The SMILES string of the molecule is Clc1ccccc1-c1nnc(CSc2nnc(-c3ccccc3)c(-c3ccccc3)n2)o1. The Morgan fingerprint density at radius 2 is 1.34 bits per heavy atom. The van der Waals surface area contributed by atoms with E-state index in [2.05, 4.69) is 20.4 Å². The predicted molar refractivity (Wildman–Crippen MR) is 125 cm³/mol. The van der Waals surface area contributed by atoms with Crippen LogP contribution in [0.3, 0.4) is 0 Å². The summed E-state index contributed by atoms with van der Waals surface area (Å²) in [7, 11) is 0. The molecular formula is C24H16ClN5OS. The highest BCUT2D eigenvalue weighted by Crippen LogP contribution is 2.31. The summed E-state index contributed by atoms with van der Waals surface area (Å²) in [4.78, 5) is 4.79. The maximum atomic E-state index is 6.22. The Kier molecular flexibility index (Phi) is 5.91. The lowest BCUT2D eigenvalue weighted by Crippen LogP contribution is -1.99. The minimum absolute atomic E-state index is 0.384. The van der Waals surface area contributed by atoms with Crippen LogP contribution < -0.4 is 0 Å². The minimum Gasteiger partial charge on any atom is -0.420 e. The Morgan fingerprint density at radius 3 is 2.06 bits per heavy atom. The van der Waals surface area contributed by atoms with E-state index < -0.39 is 0 Å². The first-order chi connectivity index (χ1) is 15.8. The van der Waals surface area contributed by atoms with E-state index in [4.69, 9.17) is 21.0 Å². The molecule has 0 bridgehead atoms. The number of rotatable bonds is 6. The largest absolute Gasteiger partial charge is 0.420 e. The molecule has 0 aliphatic rings. The lowest BCUT2D eigenvalue weighted by molar-refractivity contribution is 0.528. The molecule has 0 aliphatic carbocycles. The number of thioether (sulfide) groups is 1. The molecule has 0 radical (unpaired) electrons. The van der Waals surface area contributed by atoms with E-state index in [1.165, 1.54) is 11.8 Å². The van der Waals surface area contributed by atoms with Gasteiger partial charge in [-0.1, -0.05) is 96.2 Å². The number of hydrogen-bond acceptors (Lipinski definition) is 7. The van der Waals surface area contributed by atoms with Gasteiger partial charge in [-0.05, 0) is 12.1 Å². The second-order valence-electron chi connectivity index (χ2n) is 6.79. The van der Waals surface area contributed by atoms with Crippen molar-refractivity contribution in [2.45, 2.75) is 10.9 Å². The van der Waals surface area contributed by atoms with Gasteiger partial charge >= 0.3 is 0 Å². The summed E-state index contributed by atoms with van der Waals surface area (Å²) >= 11 is 7.61. The number of nitrogens with zero attached hydrogens (tertiary/aromatic N) is 5. The van der Waals surface area contributed by atoms with Crippen LogP contribution >= 0.6 is 23.4 Å². The summed E-state index contributed by atoms with van der Waals surface area (Å²) < 4.78 is 5.78. The lowest BCUT2D eigenvalue weighted by atomic mass is 10.0. The third kappa shape index (κ3) is 4.39. The molecule has 0 saturated carbocycles. The summed E-state index contributed by atoms with van der Waals surface area (Å²) in [5, 5.41) is 18.1. The summed E-state index contributed by atoms with van der Waals surface area (Å²) in [6.07, 6.45) is 0. The van der Waals surface area contributed by atoms with Crippen molar-refractivity contribution in [1.82, 2.24) is 25.4 Å². The zero-order valence-corrected chi connectivity index (χ0v) is 18.3. The molecule has 0 atom stereocenters. The van der Waals surface area contributed by atoms with Crippen LogP contribution in [-0.2, 0) is 5.75 Å². The molecule has 5 rings (SSSR count). The second-order valence-corrected chi connectivity index (χ2v) is 8.14. The van der Waals surface area contributed by atoms with Gasteiger partial charge in [-0.3, -0.25) is 0 Å². The van der Waals surface area contributed by atoms with Gasteiger partial charge in [-0.15, -0.1) is 20.4 Å². The van der Waals surface area contributed by atoms with E-state index in [0.717, 1.165) is 22.5 Å². The fraction of sp³-hybridized carbons (Fsp3) is 0.0417. The predicted octanol–water partition coefficient (Wildman–Crippen LogP) is 6.20. The van der Waals surface area contributed by atoms with Crippen molar-refractivity contribution < 1.29 is 4.42 Å². The van der Waals surface area contributed by atoms with Gasteiger partial charge in [-0.25, -0.2) is 4.98 Å². The van der Waals surface area contributed by atoms with Gasteiger partial charge < -0.3 is 4.42 Å². The minimum atomic E-state index is 0.384. The fourth-order valence-electron chi connectivity index (χ4n) is 3.14. The molecule has 6 nitrogen and oxygen atoms in total. The summed E-state index contributed by atoms with van der Waals surface area (Å²) in [6, 6.07) is 27.2. The molecule has 3 aromatic carbocycles. The molecule has 0 unspecified atom stereocenters. The summed E-state index contributed by atoms with van der Waals surface area (Å²) in [5.74, 6) is 1.26. The molecule has 5 aromatic rings. The van der Waals surface area contributed by atoms with Crippen molar-refractivity contribution in [3.8, 4) is 34.0 Å². The van der Waals surface area contributed by atoms with E-state index in [9.17, 15) is 0 Å². The Labute approximate surface area is 193 Å². The van der Waals surface area contributed by atoms with Crippen LogP contribution in [0.25, 0.3) is 34.0 Å². The first-order valence-corrected chi connectivity index (χ1v) is 11.2. The Bertz CT molecular complexity index is 1350.